The van der Waals surface area contributed by atoms with Crippen molar-refractivity contribution in [2.24, 2.45) is 5.73 Å². The molecule has 0 spiro atoms. The van der Waals surface area contributed by atoms with Crippen LogP contribution < -0.4 is 5.73 Å². The topological polar surface area (TPSA) is 62.0 Å². The molecule has 2 aromatic rings. The van der Waals surface area contributed by atoms with Crippen LogP contribution in [0.1, 0.15) is 18.4 Å². The number of fused-ring (bicyclic) bond motifs is 1. The van der Waals surface area contributed by atoms with Crippen molar-refractivity contribution in [2.45, 2.75) is 18.4 Å². The fourth-order valence-electron chi connectivity index (χ4n) is 1.89. The Bertz CT molecular complexity index is 497. The van der Waals surface area contributed by atoms with Gasteiger partial charge >= 0.3 is 0 Å². The van der Waals surface area contributed by atoms with Gasteiger partial charge < -0.3 is 15.8 Å². The summed E-state index contributed by atoms with van der Waals surface area (Å²) in [5, 5.41) is 10.8. The van der Waals surface area contributed by atoms with Gasteiger partial charge in [-0.1, -0.05) is 0 Å². The number of aromatic amines is 1. The zero-order chi connectivity index (χ0) is 9.76. The van der Waals surface area contributed by atoms with Gasteiger partial charge in [-0.05, 0) is 31.0 Å². The van der Waals surface area contributed by atoms with E-state index >= 15 is 0 Å². The molecular weight excluding hydrogens is 176 g/mol. The second kappa shape index (κ2) is 2.30. The smallest absolute Gasteiger partial charge is 0.121 e. The lowest BCUT2D eigenvalue weighted by Crippen LogP contribution is -2.18. The van der Waals surface area contributed by atoms with E-state index in [2.05, 4.69) is 4.98 Å². The molecule has 0 bridgehead atoms. The highest BCUT2D eigenvalue weighted by Gasteiger charge is 2.42. The van der Waals surface area contributed by atoms with Crippen LogP contribution in [0, 0.1) is 0 Å². The molecule has 0 amide bonds. The summed E-state index contributed by atoms with van der Waals surface area (Å²) in [6.07, 6.45) is 3.80. The van der Waals surface area contributed by atoms with Crippen molar-refractivity contribution in [2.75, 3.05) is 0 Å². The van der Waals surface area contributed by atoms with E-state index in [1.54, 1.807) is 6.07 Å². The van der Waals surface area contributed by atoms with Gasteiger partial charge in [0.1, 0.15) is 5.75 Å². The summed E-state index contributed by atoms with van der Waals surface area (Å²) < 4.78 is 0. The Morgan fingerprint density at radius 2 is 2.14 bits per heavy atom. The van der Waals surface area contributed by atoms with Crippen LogP contribution >= 0.6 is 0 Å². The summed E-state index contributed by atoms with van der Waals surface area (Å²) >= 11 is 0. The van der Waals surface area contributed by atoms with Gasteiger partial charge in [0.2, 0.25) is 0 Å². The molecule has 0 saturated heterocycles. The summed E-state index contributed by atoms with van der Waals surface area (Å²) in [6.45, 7) is 0. The quantitative estimate of drug-likeness (QED) is 0.639. The van der Waals surface area contributed by atoms with E-state index in [1.165, 1.54) is 0 Å². The normalized spacial score (nSPS) is 18.6. The fourth-order valence-corrected chi connectivity index (χ4v) is 1.89. The molecule has 1 fully saturated rings. The fraction of sp³-hybridized carbons (Fsp3) is 0.273. The number of nitrogens with two attached hydrogens (primary N) is 1. The molecule has 1 aliphatic rings. The Morgan fingerprint density at radius 3 is 2.86 bits per heavy atom. The summed E-state index contributed by atoms with van der Waals surface area (Å²) in [7, 11) is 0. The average molecular weight is 188 g/mol. The molecule has 1 aliphatic carbocycles. The molecule has 3 rings (SSSR count). The lowest BCUT2D eigenvalue weighted by molar-refractivity contribution is 0.461. The Hall–Kier alpha value is -1.48. The number of rotatable bonds is 1. The number of hydrogen-bond donors (Lipinski definition) is 3. The first-order chi connectivity index (χ1) is 6.69. The summed E-state index contributed by atoms with van der Waals surface area (Å²) in [4.78, 5) is 3.12. The minimum Gasteiger partial charge on any atom is -0.508 e. The maximum Gasteiger partial charge on any atom is 0.121 e. The first-order valence-corrected chi connectivity index (χ1v) is 4.78. The van der Waals surface area contributed by atoms with Crippen LogP contribution in [0.5, 0.6) is 5.75 Å². The Kier molecular flexibility index (Phi) is 1.30. The van der Waals surface area contributed by atoms with Crippen molar-refractivity contribution < 1.29 is 5.11 Å². The highest BCUT2D eigenvalue weighted by molar-refractivity contribution is 5.82. The highest BCUT2D eigenvalue weighted by Crippen LogP contribution is 2.47. The molecule has 1 aromatic carbocycles. The van der Waals surface area contributed by atoms with E-state index in [0.717, 1.165) is 29.3 Å². The van der Waals surface area contributed by atoms with Crippen molar-refractivity contribution >= 4 is 10.9 Å². The third-order valence-electron chi connectivity index (χ3n) is 2.99. The van der Waals surface area contributed by atoms with Crippen LogP contribution in [0.25, 0.3) is 10.9 Å². The van der Waals surface area contributed by atoms with Crippen LogP contribution in [0.15, 0.2) is 24.4 Å². The number of nitrogens with one attached hydrogen (secondary N) is 1. The summed E-state index contributed by atoms with van der Waals surface area (Å²) in [6, 6.07) is 5.67. The molecule has 72 valence electrons. The molecule has 1 heterocycles. The largest absolute Gasteiger partial charge is 0.508 e. The van der Waals surface area contributed by atoms with Crippen LogP contribution in [0.2, 0.25) is 0 Å². The van der Waals surface area contributed by atoms with Gasteiger partial charge in [-0.2, -0.15) is 0 Å². The number of phenols is 1. The molecule has 1 aromatic heterocycles. The standard InChI is InChI=1S/C11H12N2O/c12-11(2-3-11)8-6-9-7(1-4-13-9)5-10(8)14/h1,4-6,13-14H,2-3,12H2. The number of aromatic hydroxyl groups is 1. The van der Waals surface area contributed by atoms with Crippen molar-refractivity contribution in [3.8, 4) is 5.75 Å². The van der Waals surface area contributed by atoms with Crippen LogP contribution in [-0.2, 0) is 5.54 Å². The number of aromatic nitrogens is 1. The zero-order valence-corrected chi connectivity index (χ0v) is 7.75. The Labute approximate surface area is 81.5 Å². The summed E-state index contributed by atoms with van der Waals surface area (Å²) in [5.41, 5.74) is 7.68. The predicted molar refractivity (Wildman–Crippen MR) is 55.1 cm³/mol. The highest BCUT2D eigenvalue weighted by atomic mass is 16.3. The minimum atomic E-state index is -0.274. The molecular formula is C11H12N2O. The Morgan fingerprint density at radius 1 is 1.36 bits per heavy atom. The number of hydrogen-bond acceptors (Lipinski definition) is 2. The maximum absolute atomic E-state index is 9.81. The van der Waals surface area contributed by atoms with E-state index in [1.807, 2.05) is 18.3 Å². The van der Waals surface area contributed by atoms with Gasteiger partial charge in [0.15, 0.2) is 0 Å². The van der Waals surface area contributed by atoms with Gasteiger partial charge in [-0.25, -0.2) is 0 Å². The van der Waals surface area contributed by atoms with Crippen molar-refractivity contribution in [3.05, 3.63) is 30.0 Å². The average Bonchev–Trinajstić information content (AvgIpc) is 2.75. The minimum absolute atomic E-state index is 0.274. The van der Waals surface area contributed by atoms with Gasteiger partial charge in [0.05, 0.1) is 0 Å². The molecule has 1 saturated carbocycles. The molecule has 3 nitrogen and oxygen atoms in total. The third-order valence-corrected chi connectivity index (χ3v) is 2.99. The number of benzene rings is 1. The maximum atomic E-state index is 9.81. The monoisotopic (exact) mass is 188 g/mol. The molecule has 3 heteroatoms. The Balaban J connectivity index is 2.27. The van der Waals surface area contributed by atoms with Gasteiger partial charge in [-0.3, -0.25) is 0 Å². The first-order valence-electron chi connectivity index (χ1n) is 4.78. The zero-order valence-electron chi connectivity index (χ0n) is 7.75. The van der Waals surface area contributed by atoms with Gasteiger partial charge in [0.25, 0.3) is 0 Å². The van der Waals surface area contributed by atoms with Crippen molar-refractivity contribution in [1.29, 1.82) is 0 Å². The second-order valence-corrected chi connectivity index (χ2v) is 4.09. The van der Waals surface area contributed by atoms with E-state index < -0.39 is 0 Å². The van der Waals surface area contributed by atoms with E-state index in [0.29, 0.717) is 5.75 Å². The van der Waals surface area contributed by atoms with E-state index in [-0.39, 0.29) is 5.54 Å². The van der Waals surface area contributed by atoms with Gasteiger partial charge in [0, 0.05) is 28.2 Å². The molecule has 0 aliphatic heterocycles. The van der Waals surface area contributed by atoms with Crippen LogP contribution in [0.3, 0.4) is 0 Å². The van der Waals surface area contributed by atoms with Crippen LogP contribution in [0.4, 0.5) is 0 Å². The van der Waals surface area contributed by atoms with E-state index in [9.17, 15) is 5.11 Å². The van der Waals surface area contributed by atoms with Crippen molar-refractivity contribution in [3.63, 3.8) is 0 Å². The predicted octanol–water partition coefficient (Wildman–Crippen LogP) is 1.82. The van der Waals surface area contributed by atoms with Gasteiger partial charge in [-0.15, -0.1) is 0 Å². The molecule has 14 heavy (non-hydrogen) atoms. The first kappa shape index (κ1) is 7.88. The molecule has 0 atom stereocenters. The molecule has 0 radical (unpaired) electrons. The lowest BCUT2D eigenvalue weighted by Gasteiger charge is -2.11. The molecule has 0 unspecified atom stereocenters. The lowest BCUT2D eigenvalue weighted by atomic mass is 10.0. The summed E-state index contributed by atoms with van der Waals surface area (Å²) in [5.74, 6) is 0.317. The second-order valence-electron chi connectivity index (χ2n) is 4.09. The SMILES string of the molecule is NC1(c2cc3[nH]ccc3cc2O)CC1. The number of H-pyrrole nitrogens is 1. The molecule has 4 N–H and O–H groups in total. The third kappa shape index (κ3) is 0.960. The van der Waals surface area contributed by atoms with Crippen molar-refractivity contribution in [1.82, 2.24) is 4.98 Å². The number of phenolic OH excluding ortho intramolecular Hbond substituents is 1. The van der Waals surface area contributed by atoms with Crippen LogP contribution in [-0.4, -0.2) is 10.1 Å². The van der Waals surface area contributed by atoms with E-state index in [4.69, 9.17) is 5.73 Å².